The van der Waals surface area contributed by atoms with Crippen LogP contribution in [0, 0.1) is 6.92 Å². The number of amides is 1. The molecule has 0 bridgehead atoms. The molecular weight excluding hydrogens is 384 g/mol. The molecule has 0 radical (unpaired) electrons. The van der Waals surface area contributed by atoms with E-state index in [4.69, 9.17) is 9.47 Å². The normalized spacial score (nSPS) is 13.4. The van der Waals surface area contributed by atoms with Crippen molar-refractivity contribution in [3.05, 3.63) is 29.8 Å². The number of aliphatic hydroxyl groups is 1. The number of rotatable bonds is 9. The van der Waals surface area contributed by atoms with Gasteiger partial charge in [-0.05, 0) is 66.2 Å². The molecule has 0 saturated carbocycles. The van der Waals surface area contributed by atoms with E-state index >= 15 is 0 Å². The molecule has 0 heterocycles. The summed E-state index contributed by atoms with van der Waals surface area (Å²) in [7, 11) is 0. The van der Waals surface area contributed by atoms with Crippen molar-refractivity contribution >= 4 is 12.1 Å². The molecule has 1 unspecified atom stereocenters. The highest BCUT2D eigenvalue weighted by Gasteiger charge is 2.24. The topological polar surface area (TPSA) is 104 Å². The molecule has 1 aromatic carbocycles. The van der Waals surface area contributed by atoms with Gasteiger partial charge in [-0.25, -0.2) is 4.79 Å². The van der Waals surface area contributed by atoms with Crippen LogP contribution in [0.3, 0.4) is 0 Å². The predicted octanol–water partition coefficient (Wildman–Crippen LogP) is 2.59. The quantitative estimate of drug-likeness (QED) is 0.360. The molecular formula is C22H38N4O4. The Morgan fingerprint density at radius 2 is 1.90 bits per heavy atom. The molecule has 30 heavy (non-hydrogen) atoms. The minimum Gasteiger partial charge on any atom is -0.491 e. The van der Waals surface area contributed by atoms with Crippen molar-refractivity contribution in [1.82, 2.24) is 16.0 Å². The Labute approximate surface area is 180 Å². The monoisotopic (exact) mass is 422 g/mol. The molecule has 4 N–H and O–H groups in total. The number of aryl methyl sites for hydroxylation is 1. The van der Waals surface area contributed by atoms with Crippen LogP contribution in [0.25, 0.3) is 0 Å². The van der Waals surface area contributed by atoms with E-state index < -0.39 is 23.3 Å². The maximum Gasteiger partial charge on any atom is 0.408 e. The van der Waals surface area contributed by atoms with Gasteiger partial charge in [0, 0.05) is 13.1 Å². The van der Waals surface area contributed by atoms with E-state index in [2.05, 4.69) is 20.9 Å². The summed E-state index contributed by atoms with van der Waals surface area (Å²) in [6.45, 7) is 14.6. The summed E-state index contributed by atoms with van der Waals surface area (Å²) in [4.78, 5) is 16.5. The number of hydrogen-bond donors (Lipinski definition) is 4. The SMILES string of the molecule is CCNC(=NCC(C)(C)NC(=O)OC(C)(C)C)NCC(O)COc1cccc(C)c1. The molecule has 0 fully saturated rings. The van der Waals surface area contributed by atoms with Gasteiger partial charge in [0.25, 0.3) is 0 Å². The van der Waals surface area contributed by atoms with Gasteiger partial charge in [-0.1, -0.05) is 12.1 Å². The van der Waals surface area contributed by atoms with Crippen LogP contribution < -0.4 is 20.7 Å². The van der Waals surface area contributed by atoms with E-state index in [0.717, 1.165) is 11.3 Å². The number of aliphatic hydroxyl groups excluding tert-OH is 1. The van der Waals surface area contributed by atoms with E-state index in [1.807, 2.05) is 72.7 Å². The standard InChI is InChI=1S/C22H38N4O4/c1-8-23-19(25-15-22(6,7)26-20(28)30-21(3,4)5)24-13-17(27)14-29-18-11-9-10-16(2)12-18/h9-12,17,27H,8,13-15H2,1-7H3,(H,26,28)(H2,23,24,25). The van der Waals surface area contributed by atoms with Crippen molar-refractivity contribution < 1.29 is 19.4 Å². The predicted molar refractivity (Wildman–Crippen MR) is 120 cm³/mol. The highest BCUT2D eigenvalue weighted by molar-refractivity contribution is 5.79. The summed E-state index contributed by atoms with van der Waals surface area (Å²) in [5.74, 6) is 1.27. The molecule has 0 aromatic heterocycles. The molecule has 1 atom stereocenters. The summed E-state index contributed by atoms with van der Waals surface area (Å²) in [5.41, 5.74) is -0.0574. The fraction of sp³-hybridized carbons (Fsp3) is 0.636. The van der Waals surface area contributed by atoms with Gasteiger partial charge in [0.1, 0.15) is 24.1 Å². The van der Waals surface area contributed by atoms with Crippen LogP contribution in [0.5, 0.6) is 5.75 Å². The van der Waals surface area contributed by atoms with Gasteiger partial charge in [0.2, 0.25) is 0 Å². The van der Waals surface area contributed by atoms with E-state index in [0.29, 0.717) is 19.0 Å². The zero-order chi connectivity index (χ0) is 22.8. The Bertz CT molecular complexity index is 699. The smallest absolute Gasteiger partial charge is 0.408 e. The molecule has 0 aliphatic heterocycles. The largest absolute Gasteiger partial charge is 0.491 e. The number of hydrogen-bond acceptors (Lipinski definition) is 5. The summed E-state index contributed by atoms with van der Waals surface area (Å²) in [6.07, 6.45) is -1.19. The molecule has 8 nitrogen and oxygen atoms in total. The van der Waals surface area contributed by atoms with E-state index in [1.54, 1.807) is 0 Å². The Kier molecular flexibility index (Phi) is 9.92. The lowest BCUT2D eigenvalue weighted by Gasteiger charge is -2.27. The Morgan fingerprint density at radius 1 is 1.20 bits per heavy atom. The summed E-state index contributed by atoms with van der Waals surface area (Å²) < 4.78 is 10.9. The number of nitrogens with one attached hydrogen (secondary N) is 3. The molecule has 1 amide bonds. The third-order valence-electron chi connectivity index (χ3n) is 3.75. The summed E-state index contributed by atoms with van der Waals surface area (Å²) in [5, 5.41) is 19.3. The number of benzene rings is 1. The average molecular weight is 423 g/mol. The van der Waals surface area contributed by atoms with Crippen molar-refractivity contribution in [2.45, 2.75) is 65.7 Å². The second-order valence-corrected chi connectivity index (χ2v) is 8.87. The third-order valence-corrected chi connectivity index (χ3v) is 3.75. The van der Waals surface area contributed by atoms with Gasteiger partial charge in [0.15, 0.2) is 5.96 Å². The number of carbonyl (C=O) groups excluding carboxylic acids is 1. The Morgan fingerprint density at radius 3 is 2.50 bits per heavy atom. The number of nitrogens with zero attached hydrogens (tertiary/aromatic N) is 1. The molecule has 1 rings (SSSR count). The number of aliphatic imine (C=N–C) groups is 1. The zero-order valence-electron chi connectivity index (χ0n) is 19.3. The minimum atomic E-state index is -0.706. The van der Waals surface area contributed by atoms with E-state index in [1.165, 1.54) is 0 Å². The number of alkyl carbamates (subject to hydrolysis) is 1. The molecule has 0 saturated heterocycles. The first-order chi connectivity index (χ1) is 13.9. The minimum absolute atomic E-state index is 0.168. The Balaban J connectivity index is 2.52. The molecule has 8 heteroatoms. The molecule has 0 aliphatic rings. The summed E-state index contributed by atoms with van der Waals surface area (Å²) >= 11 is 0. The number of carbonyl (C=O) groups is 1. The van der Waals surface area contributed by atoms with Crippen LogP contribution in [0.4, 0.5) is 4.79 Å². The first kappa shape index (κ1) is 25.6. The molecule has 0 aliphatic carbocycles. The van der Waals surface area contributed by atoms with E-state index in [9.17, 15) is 9.90 Å². The first-order valence-corrected chi connectivity index (χ1v) is 10.3. The van der Waals surface area contributed by atoms with Crippen molar-refractivity contribution in [3.63, 3.8) is 0 Å². The number of ether oxygens (including phenoxy) is 2. The fourth-order valence-corrected chi connectivity index (χ4v) is 2.41. The van der Waals surface area contributed by atoms with Gasteiger partial charge in [0.05, 0.1) is 12.1 Å². The van der Waals surface area contributed by atoms with Gasteiger partial charge < -0.3 is 30.5 Å². The highest BCUT2D eigenvalue weighted by Crippen LogP contribution is 2.12. The van der Waals surface area contributed by atoms with Crippen LogP contribution in [0.15, 0.2) is 29.3 Å². The Hall–Kier alpha value is -2.48. The van der Waals surface area contributed by atoms with Crippen molar-refractivity contribution in [2.75, 3.05) is 26.2 Å². The molecule has 0 spiro atoms. The second kappa shape index (κ2) is 11.6. The second-order valence-electron chi connectivity index (χ2n) is 8.87. The molecule has 170 valence electrons. The lowest BCUT2D eigenvalue weighted by Crippen LogP contribution is -2.49. The van der Waals surface area contributed by atoms with Crippen molar-refractivity contribution in [2.24, 2.45) is 4.99 Å². The maximum absolute atomic E-state index is 12.0. The lowest BCUT2D eigenvalue weighted by molar-refractivity contribution is 0.0476. The van der Waals surface area contributed by atoms with Crippen LogP contribution >= 0.6 is 0 Å². The van der Waals surface area contributed by atoms with Crippen LogP contribution in [0.2, 0.25) is 0 Å². The van der Waals surface area contributed by atoms with Gasteiger partial charge in [-0.15, -0.1) is 0 Å². The van der Waals surface area contributed by atoms with Crippen LogP contribution in [-0.2, 0) is 4.74 Å². The van der Waals surface area contributed by atoms with Gasteiger partial charge >= 0.3 is 6.09 Å². The number of guanidine groups is 1. The summed E-state index contributed by atoms with van der Waals surface area (Å²) in [6, 6.07) is 7.69. The lowest BCUT2D eigenvalue weighted by atomic mass is 10.1. The van der Waals surface area contributed by atoms with Crippen molar-refractivity contribution in [1.29, 1.82) is 0 Å². The molecule has 1 aromatic rings. The zero-order valence-corrected chi connectivity index (χ0v) is 19.3. The fourth-order valence-electron chi connectivity index (χ4n) is 2.41. The maximum atomic E-state index is 12.0. The van der Waals surface area contributed by atoms with Crippen molar-refractivity contribution in [3.8, 4) is 5.75 Å². The average Bonchev–Trinajstić information content (AvgIpc) is 2.60. The van der Waals surface area contributed by atoms with E-state index in [-0.39, 0.29) is 13.2 Å². The third kappa shape index (κ3) is 11.5. The van der Waals surface area contributed by atoms with Gasteiger partial charge in [-0.2, -0.15) is 0 Å². The van der Waals surface area contributed by atoms with Gasteiger partial charge in [-0.3, -0.25) is 4.99 Å². The van der Waals surface area contributed by atoms with Crippen LogP contribution in [-0.4, -0.2) is 60.6 Å². The first-order valence-electron chi connectivity index (χ1n) is 10.3. The van der Waals surface area contributed by atoms with Crippen LogP contribution in [0.1, 0.15) is 47.1 Å². The highest BCUT2D eigenvalue weighted by atomic mass is 16.6.